The van der Waals surface area contributed by atoms with Crippen molar-refractivity contribution in [2.75, 3.05) is 0 Å². The fourth-order valence-electron chi connectivity index (χ4n) is 2.62. The topological polar surface area (TPSA) is 30.7 Å². The maximum absolute atomic E-state index is 4.45. The molecule has 4 rings (SSSR count). The van der Waals surface area contributed by atoms with Gasteiger partial charge in [0, 0.05) is 21.8 Å². The van der Waals surface area contributed by atoms with E-state index in [1.54, 1.807) is 0 Å². The van der Waals surface area contributed by atoms with Crippen molar-refractivity contribution in [1.82, 2.24) is 14.8 Å². The average molecular weight is 375 g/mol. The first-order valence-electron chi connectivity index (χ1n) is 7.56. The minimum absolute atomic E-state index is 0.810. The van der Waals surface area contributed by atoms with E-state index in [1.807, 2.05) is 66.8 Å². The summed E-state index contributed by atoms with van der Waals surface area (Å²) < 4.78 is 3.12. The molecular formula is C20H13BrN3+. The Labute approximate surface area is 148 Å². The van der Waals surface area contributed by atoms with Crippen LogP contribution in [0.4, 0.5) is 0 Å². The third-order valence-electron chi connectivity index (χ3n) is 3.76. The maximum Gasteiger partial charge on any atom is 0.196 e. The first kappa shape index (κ1) is 14.8. The molecule has 4 heteroatoms. The predicted molar refractivity (Wildman–Crippen MR) is 99.4 cm³/mol. The van der Waals surface area contributed by atoms with Gasteiger partial charge in [-0.15, -0.1) is 10.2 Å². The van der Waals surface area contributed by atoms with Gasteiger partial charge < -0.3 is 0 Å². The summed E-state index contributed by atoms with van der Waals surface area (Å²) in [7, 11) is 0. The Morgan fingerprint density at radius 2 is 1.62 bits per heavy atom. The second-order valence-electron chi connectivity index (χ2n) is 5.31. The van der Waals surface area contributed by atoms with Crippen molar-refractivity contribution >= 4 is 21.5 Å². The number of halogens is 1. The molecule has 114 valence electrons. The van der Waals surface area contributed by atoms with Crippen LogP contribution < -0.4 is 0 Å². The highest BCUT2D eigenvalue weighted by Crippen LogP contribution is 2.28. The molecule has 0 fully saturated rings. The van der Waals surface area contributed by atoms with Crippen LogP contribution in [0.15, 0.2) is 83.4 Å². The van der Waals surface area contributed by atoms with Gasteiger partial charge in [-0.25, -0.2) is 0 Å². The van der Waals surface area contributed by atoms with E-state index in [0.29, 0.717) is 0 Å². The Balaban J connectivity index is 1.94. The summed E-state index contributed by atoms with van der Waals surface area (Å²) in [6, 6.07) is 18.2. The summed E-state index contributed by atoms with van der Waals surface area (Å²) in [6.07, 6.45) is 10.8. The lowest BCUT2D eigenvalue weighted by Crippen LogP contribution is -2.02. The zero-order valence-electron chi connectivity index (χ0n) is 12.7. The second-order valence-corrected chi connectivity index (χ2v) is 6.23. The van der Waals surface area contributed by atoms with Crippen molar-refractivity contribution in [3.63, 3.8) is 0 Å². The van der Waals surface area contributed by atoms with E-state index in [1.165, 1.54) is 0 Å². The van der Waals surface area contributed by atoms with Crippen LogP contribution >= 0.6 is 15.9 Å². The number of rotatable bonds is 3. The van der Waals surface area contributed by atoms with Crippen LogP contribution in [0.3, 0.4) is 0 Å². The van der Waals surface area contributed by atoms with Gasteiger partial charge in [0.2, 0.25) is 0 Å². The Hall–Kier alpha value is -2.81. The van der Waals surface area contributed by atoms with Gasteiger partial charge in [-0.1, -0.05) is 46.3 Å². The Morgan fingerprint density at radius 1 is 0.875 bits per heavy atom. The summed E-state index contributed by atoms with van der Waals surface area (Å²) in [5.41, 5.74) is 3.05. The molecule has 0 N–H and O–H groups in total. The summed E-state index contributed by atoms with van der Waals surface area (Å²) in [4.78, 5) is 0. The van der Waals surface area contributed by atoms with E-state index in [2.05, 4.69) is 48.9 Å². The molecule has 24 heavy (non-hydrogen) atoms. The quantitative estimate of drug-likeness (QED) is 0.603. The molecule has 0 spiro atoms. The first-order valence-corrected chi connectivity index (χ1v) is 8.35. The molecule has 0 bridgehead atoms. The summed E-state index contributed by atoms with van der Waals surface area (Å²) in [5, 5.41) is 8.90. The molecule has 0 unspecified atom stereocenters. The minimum Gasteiger partial charge on any atom is -0.273 e. The largest absolute Gasteiger partial charge is 0.273 e. The van der Waals surface area contributed by atoms with Crippen molar-refractivity contribution in [2.24, 2.45) is 0 Å². The highest BCUT2D eigenvalue weighted by atomic mass is 79.9. The summed E-state index contributed by atoms with van der Waals surface area (Å²) in [5.74, 6) is 1.63. The fourth-order valence-corrected chi connectivity index (χ4v) is 2.88. The van der Waals surface area contributed by atoms with Gasteiger partial charge in [0.25, 0.3) is 0 Å². The van der Waals surface area contributed by atoms with Gasteiger partial charge in [0.05, 0.1) is 12.2 Å². The third kappa shape index (κ3) is 2.73. The molecule has 0 saturated heterocycles. The van der Waals surface area contributed by atoms with Crippen LogP contribution in [-0.4, -0.2) is 14.8 Å². The number of allylic oxidation sites excluding steroid dienone is 6. The van der Waals surface area contributed by atoms with Crippen LogP contribution in [0.25, 0.3) is 22.6 Å². The van der Waals surface area contributed by atoms with Crippen LogP contribution in [0, 0.1) is 6.08 Å². The number of benzene rings is 2. The SMILES string of the molecule is Brc1ccc(-n2c(C3=CC=[C+]C=C3)nnc2-c2ccccc2)cc1. The molecule has 0 saturated carbocycles. The van der Waals surface area contributed by atoms with Gasteiger partial charge in [0.15, 0.2) is 11.6 Å². The van der Waals surface area contributed by atoms with E-state index in [9.17, 15) is 0 Å². The van der Waals surface area contributed by atoms with E-state index in [-0.39, 0.29) is 0 Å². The fraction of sp³-hybridized carbons (Fsp3) is 0. The molecule has 0 radical (unpaired) electrons. The average Bonchev–Trinajstić information content (AvgIpc) is 3.09. The van der Waals surface area contributed by atoms with Crippen LogP contribution in [0.2, 0.25) is 0 Å². The number of nitrogens with zero attached hydrogens (tertiary/aromatic N) is 3. The third-order valence-corrected chi connectivity index (χ3v) is 4.28. The van der Waals surface area contributed by atoms with E-state index in [4.69, 9.17) is 0 Å². The zero-order chi connectivity index (χ0) is 16.4. The summed E-state index contributed by atoms with van der Waals surface area (Å²) in [6.45, 7) is 0. The van der Waals surface area contributed by atoms with Crippen molar-refractivity contribution < 1.29 is 0 Å². The predicted octanol–water partition coefficient (Wildman–Crippen LogP) is 5.01. The van der Waals surface area contributed by atoms with Crippen molar-refractivity contribution in [3.05, 3.63) is 95.3 Å². The lowest BCUT2D eigenvalue weighted by molar-refractivity contribution is 1.03. The van der Waals surface area contributed by atoms with Gasteiger partial charge in [-0.3, -0.25) is 4.57 Å². The van der Waals surface area contributed by atoms with Crippen molar-refractivity contribution in [1.29, 1.82) is 0 Å². The monoisotopic (exact) mass is 374 g/mol. The first-order chi connectivity index (χ1) is 11.8. The molecule has 1 heterocycles. The zero-order valence-corrected chi connectivity index (χ0v) is 14.3. The smallest absolute Gasteiger partial charge is 0.196 e. The molecule has 0 aliphatic heterocycles. The van der Waals surface area contributed by atoms with Crippen LogP contribution in [0.1, 0.15) is 5.82 Å². The Bertz CT molecular complexity index is 948. The standard InChI is InChI=1S/C20H13BrN3/c21-17-11-13-18(14-12-17)24-19(15-7-3-1-4-8-15)22-23-20(24)16-9-5-2-6-10-16/h1,3-14H/q+1. The Kier molecular flexibility index (Phi) is 3.91. The van der Waals surface area contributed by atoms with Gasteiger partial charge in [-0.05, 0) is 24.3 Å². The van der Waals surface area contributed by atoms with Crippen molar-refractivity contribution in [2.45, 2.75) is 0 Å². The lowest BCUT2D eigenvalue weighted by atomic mass is 10.1. The highest BCUT2D eigenvalue weighted by molar-refractivity contribution is 9.10. The number of aromatic nitrogens is 3. The van der Waals surface area contributed by atoms with Crippen molar-refractivity contribution in [3.8, 4) is 17.1 Å². The molecule has 0 amide bonds. The molecule has 1 aliphatic carbocycles. The van der Waals surface area contributed by atoms with E-state index >= 15 is 0 Å². The minimum atomic E-state index is 0.810. The Morgan fingerprint density at radius 3 is 2.33 bits per heavy atom. The van der Waals surface area contributed by atoms with E-state index < -0.39 is 0 Å². The van der Waals surface area contributed by atoms with E-state index in [0.717, 1.165) is 32.9 Å². The summed E-state index contributed by atoms with van der Waals surface area (Å²) >= 11 is 3.49. The molecule has 2 aromatic carbocycles. The molecule has 0 atom stereocenters. The molecular weight excluding hydrogens is 362 g/mol. The highest BCUT2D eigenvalue weighted by Gasteiger charge is 2.20. The van der Waals surface area contributed by atoms with Gasteiger partial charge >= 0.3 is 0 Å². The molecule has 1 aliphatic rings. The van der Waals surface area contributed by atoms with Crippen LogP contribution in [0.5, 0.6) is 0 Å². The lowest BCUT2D eigenvalue weighted by Gasteiger charge is -2.10. The molecule has 1 aromatic heterocycles. The number of hydrogen-bond acceptors (Lipinski definition) is 2. The van der Waals surface area contributed by atoms with Gasteiger partial charge in [-0.2, -0.15) is 0 Å². The van der Waals surface area contributed by atoms with Gasteiger partial charge in [0.1, 0.15) is 17.7 Å². The van der Waals surface area contributed by atoms with Crippen LogP contribution in [-0.2, 0) is 0 Å². The second kappa shape index (κ2) is 6.36. The number of hydrogen-bond donors (Lipinski definition) is 0. The molecule has 3 aromatic rings. The normalized spacial score (nSPS) is 12.8. The maximum atomic E-state index is 4.45. The molecule has 3 nitrogen and oxygen atoms in total.